The third-order valence-corrected chi connectivity index (χ3v) is 15.3. The fraction of sp³-hybridized carbons (Fsp3) is 0.294. The number of hydrogen-bond donors (Lipinski definition) is 0. The Bertz CT molecular complexity index is 1210. The number of rotatable bonds is 9. The monoisotopic (exact) mass is 540 g/mol. The largest absolute Gasteiger partial charge is 0.314 e. The summed E-state index contributed by atoms with van der Waals surface area (Å²) in [5.74, 6) is 0.373. The zero-order valence-corrected chi connectivity index (χ0v) is 24.1. The molecule has 4 aromatic carbocycles. The van der Waals surface area contributed by atoms with Gasteiger partial charge in [0.1, 0.15) is 14.3 Å². The molecule has 1 aliphatic rings. The van der Waals surface area contributed by atoms with Crippen LogP contribution in [0.1, 0.15) is 39.0 Å². The van der Waals surface area contributed by atoms with Gasteiger partial charge in [-0.3, -0.25) is 0 Å². The quantitative estimate of drug-likeness (QED) is 0.205. The second-order valence-electron chi connectivity index (χ2n) is 11.1. The summed E-state index contributed by atoms with van der Waals surface area (Å²) in [7, 11) is -6.01. The summed E-state index contributed by atoms with van der Waals surface area (Å²) < 4.78 is 30.7. The van der Waals surface area contributed by atoms with E-state index in [-0.39, 0.29) is 5.41 Å². The molecule has 0 heterocycles. The summed E-state index contributed by atoms with van der Waals surface area (Å²) in [6.07, 6.45) is 6.85. The van der Waals surface area contributed by atoms with Crippen molar-refractivity contribution in [2.24, 2.45) is 11.3 Å². The van der Waals surface area contributed by atoms with Crippen LogP contribution < -0.4 is 21.2 Å². The fourth-order valence-electron chi connectivity index (χ4n) is 6.46. The Balaban J connectivity index is 1.66. The van der Waals surface area contributed by atoms with E-state index < -0.39 is 14.3 Å². The van der Waals surface area contributed by atoms with Crippen LogP contribution in [0.25, 0.3) is 0 Å². The van der Waals surface area contributed by atoms with E-state index in [0.717, 1.165) is 34.1 Å². The maximum absolute atomic E-state index is 15.3. The molecule has 38 heavy (non-hydrogen) atoms. The molecule has 1 fully saturated rings. The van der Waals surface area contributed by atoms with Crippen LogP contribution in [-0.4, -0.2) is 12.3 Å². The minimum Gasteiger partial charge on any atom is -0.314 e. The molecular weight excluding hydrogens is 502 g/mol. The van der Waals surface area contributed by atoms with E-state index in [1.54, 1.807) is 0 Å². The SMILES string of the molecule is CC(CP(=O)(c1ccccc1)c1ccccc1)(CP(=O)(c1ccccc1)c1ccccc1)C1CCCCC1. The minimum atomic E-state index is -3.00. The van der Waals surface area contributed by atoms with E-state index >= 15 is 9.13 Å². The van der Waals surface area contributed by atoms with Gasteiger partial charge in [-0.1, -0.05) is 148 Å². The van der Waals surface area contributed by atoms with Crippen molar-refractivity contribution in [2.75, 3.05) is 12.3 Å². The topological polar surface area (TPSA) is 34.1 Å². The van der Waals surface area contributed by atoms with E-state index in [9.17, 15) is 0 Å². The molecular formula is C34H38O2P2. The smallest absolute Gasteiger partial charge is 0.143 e. The zero-order chi connectivity index (χ0) is 26.5. The molecule has 0 amide bonds. The Morgan fingerprint density at radius 2 is 0.816 bits per heavy atom. The van der Waals surface area contributed by atoms with Gasteiger partial charge in [-0.05, 0) is 24.2 Å². The van der Waals surface area contributed by atoms with Gasteiger partial charge in [-0.25, -0.2) is 0 Å². The second kappa shape index (κ2) is 11.6. The van der Waals surface area contributed by atoms with Gasteiger partial charge in [0.25, 0.3) is 0 Å². The van der Waals surface area contributed by atoms with Gasteiger partial charge in [0.15, 0.2) is 0 Å². The van der Waals surface area contributed by atoms with Crippen LogP contribution in [0.2, 0.25) is 0 Å². The lowest BCUT2D eigenvalue weighted by Crippen LogP contribution is -2.41. The van der Waals surface area contributed by atoms with E-state index in [1.807, 2.05) is 121 Å². The molecule has 0 saturated heterocycles. The predicted molar refractivity (Wildman–Crippen MR) is 164 cm³/mol. The lowest BCUT2D eigenvalue weighted by Gasteiger charge is -2.44. The van der Waals surface area contributed by atoms with E-state index in [1.165, 1.54) is 19.3 Å². The number of benzene rings is 4. The lowest BCUT2D eigenvalue weighted by molar-refractivity contribution is 0.185. The standard InChI is InChI=1S/C34H38O2P2/c1-34(29-17-7-2-8-18-29,27-37(35,30-19-9-3-10-20-30)31-21-11-4-12-22-31)28-38(36,32-23-13-5-14-24-32)33-25-15-6-16-26-33/h3-6,9-16,19-26,29H,2,7-8,17-18,27-28H2,1H3. The molecule has 0 aliphatic heterocycles. The van der Waals surface area contributed by atoms with Crippen LogP contribution in [0.4, 0.5) is 0 Å². The Kier molecular flexibility index (Phi) is 8.23. The van der Waals surface area contributed by atoms with Gasteiger partial charge in [0, 0.05) is 33.5 Å². The van der Waals surface area contributed by atoms with Crippen LogP contribution >= 0.6 is 14.3 Å². The maximum Gasteiger partial charge on any atom is 0.143 e. The van der Waals surface area contributed by atoms with Crippen LogP contribution in [0.15, 0.2) is 121 Å². The maximum atomic E-state index is 15.3. The normalized spacial score (nSPS) is 15.3. The summed E-state index contributed by atoms with van der Waals surface area (Å²) in [5, 5.41) is 3.56. The van der Waals surface area contributed by atoms with Gasteiger partial charge in [-0.15, -0.1) is 0 Å². The van der Waals surface area contributed by atoms with E-state index in [0.29, 0.717) is 18.2 Å². The highest BCUT2D eigenvalue weighted by molar-refractivity contribution is 7.79. The number of hydrogen-bond acceptors (Lipinski definition) is 2. The van der Waals surface area contributed by atoms with Gasteiger partial charge in [-0.2, -0.15) is 0 Å². The Morgan fingerprint density at radius 3 is 1.11 bits per heavy atom. The second-order valence-corrected chi connectivity index (χ2v) is 16.8. The van der Waals surface area contributed by atoms with Crippen LogP contribution in [0.3, 0.4) is 0 Å². The van der Waals surface area contributed by atoms with Crippen LogP contribution in [0.5, 0.6) is 0 Å². The molecule has 0 radical (unpaired) electrons. The van der Waals surface area contributed by atoms with Crippen LogP contribution in [-0.2, 0) is 9.13 Å². The molecule has 1 aliphatic carbocycles. The van der Waals surface area contributed by atoms with Crippen molar-refractivity contribution in [1.82, 2.24) is 0 Å². The molecule has 0 aromatic heterocycles. The fourth-order valence-corrected chi connectivity index (χ4v) is 13.4. The first kappa shape index (κ1) is 26.9. The van der Waals surface area contributed by atoms with Gasteiger partial charge in [0.05, 0.1) is 0 Å². The van der Waals surface area contributed by atoms with Crippen molar-refractivity contribution in [3.05, 3.63) is 121 Å². The highest BCUT2D eigenvalue weighted by Crippen LogP contribution is 2.59. The van der Waals surface area contributed by atoms with E-state index in [2.05, 4.69) is 6.92 Å². The van der Waals surface area contributed by atoms with Crippen molar-refractivity contribution in [1.29, 1.82) is 0 Å². The lowest BCUT2D eigenvalue weighted by atomic mass is 9.72. The van der Waals surface area contributed by atoms with Crippen molar-refractivity contribution < 1.29 is 9.13 Å². The van der Waals surface area contributed by atoms with Gasteiger partial charge >= 0.3 is 0 Å². The predicted octanol–water partition coefficient (Wildman–Crippen LogP) is 7.60. The highest BCUT2D eigenvalue weighted by atomic mass is 31.2. The average molecular weight is 541 g/mol. The summed E-state index contributed by atoms with van der Waals surface area (Å²) >= 11 is 0. The molecule has 0 bridgehead atoms. The van der Waals surface area contributed by atoms with E-state index in [4.69, 9.17) is 0 Å². The molecule has 0 atom stereocenters. The van der Waals surface area contributed by atoms with Crippen molar-refractivity contribution in [3.63, 3.8) is 0 Å². The average Bonchev–Trinajstić information content (AvgIpc) is 2.99. The summed E-state index contributed by atoms with van der Waals surface area (Å²) in [4.78, 5) is 0. The van der Waals surface area contributed by atoms with Gasteiger partial charge < -0.3 is 9.13 Å². The Morgan fingerprint density at radius 1 is 0.526 bits per heavy atom. The molecule has 0 spiro atoms. The molecule has 5 rings (SSSR count). The Hall–Kier alpha value is -2.66. The third kappa shape index (κ3) is 5.54. The highest BCUT2D eigenvalue weighted by Gasteiger charge is 2.47. The van der Waals surface area contributed by atoms with Crippen LogP contribution in [0, 0.1) is 11.3 Å². The summed E-state index contributed by atoms with van der Waals surface area (Å²) in [6.45, 7) is 2.29. The summed E-state index contributed by atoms with van der Waals surface area (Å²) in [5.41, 5.74) is -0.372. The molecule has 2 nitrogen and oxygen atoms in total. The zero-order valence-electron chi connectivity index (χ0n) is 22.3. The molecule has 196 valence electrons. The first-order valence-corrected chi connectivity index (χ1v) is 17.6. The minimum absolute atomic E-state index is 0.372. The third-order valence-electron chi connectivity index (χ3n) is 8.45. The summed E-state index contributed by atoms with van der Waals surface area (Å²) in [6, 6.07) is 40.0. The molecule has 0 N–H and O–H groups in total. The molecule has 4 aromatic rings. The van der Waals surface area contributed by atoms with Crippen molar-refractivity contribution >= 4 is 35.5 Å². The first-order chi connectivity index (χ1) is 18.4. The van der Waals surface area contributed by atoms with Gasteiger partial charge in [0.2, 0.25) is 0 Å². The van der Waals surface area contributed by atoms with Crippen molar-refractivity contribution in [2.45, 2.75) is 39.0 Å². The molecule has 1 saturated carbocycles. The first-order valence-electron chi connectivity index (χ1n) is 13.8. The van der Waals surface area contributed by atoms with Crippen molar-refractivity contribution in [3.8, 4) is 0 Å². The molecule has 4 heteroatoms. The molecule has 0 unspecified atom stereocenters. The Labute approximate surface area is 228 Å².